The molecule has 0 spiro atoms. The van der Waals surface area contributed by atoms with Crippen molar-refractivity contribution in [2.75, 3.05) is 27.2 Å². The van der Waals surface area contributed by atoms with E-state index in [4.69, 9.17) is 4.42 Å². The van der Waals surface area contributed by atoms with Crippen LogP contribution in [0.15, 0.2) is 27.5 Å². The molecule has 1 amide bonds. The molecule has 7 nitrogen and oxygen atoms in total. The summed E-state index contributed by atoms with van der Waals surface area (Å²) in [6.07, 6.45) is 1.07. The van der Waals surface area contributed by atoms with Gasteiger partial charge in [0.2, 0.25) is 10.0 Å². The largest absolute Gasteiger partial charge is 0.445 e. The Morgan fingerprint density at radius 1 is 1.25 bits per heavy atom. The summed E-state index contributed by atoms with van der Waals surface area (Å²) in [4.78, 5) is 18.0. The van der Waals surface area contributed by atoms with Crippen molar-refractivity contribution in [3.05, 3.63) is 46.9 Å². The Kier molecular flexibility index (Phi) is 5.58. The average Bonchev–Trinajstić information content (AvgIpc) is 3.04. The summed E-state index contributed by atoms with van der Waals surface area (Å²) >= 11 is 0. The number of aryl methyl sites for hydroxylation is 2. The first-order chi connectivity index (χ1) is 13.1. The molecule has 2 heterocycles. The Morgan fingerprint density at radius 3 is 2.46 bits per heavy atom. The number of benzene rings is 1. The van der Waals surface area contributed by atoms with Crippen LogP contribution in [0.5, 0.6) is 0 Å². The first-order valence-electron chi connectivity index (χ1n) is 9.06. The van der Waals surface area contributed by atoms with Gasteiger partial charge in [0.05, 0.1) is 4.90 Å². The van der Waals surface area contributed by atoms with E-state index in [1.54, 1.807) is 21.0 Å². The minimum absolute atomic E-state index is 0.0520. The molecule has 0 aliphatic carbocycles. The Labute approximate surface area is 164 Å². The molecule has 1 aromatic carbocycles. The molecule has 1 fully saturated rings. The predicted molar refractivity (Wildman–Crippen MR) is 101 cm³/mol. The minimum atomic E-state index is -3.68. The van der Waals surface area contributed by atoms with E-state index in [1.807, 2.05) is 0 Å². The second-order valence-corrected chi connectivity index (χ2v) is 9.18. The number of oxazole rings is 1. The van der Waals surface area contributed by atoms with Crippen LogP contribution < -0.4 is 0 Å². The summed E-state index contributed by atoms with van der Waals surface area (Å²) in [5.74, 6) is 0.228. The molecule has 1 saturated heterocycles. The van der Waals surface area contributed by atoms with Gasteiger partial charge in [0, 0.05) is 33.1 Å². The van der Waals surface area contributed by atoms with Crippen LogP contribution in [-0.4, -0.2) is 55.7 Å². The molecule has 28 heavy (non-hydrogen) atoms. The summed E-state index contributed by atoms with van der Waals surface area (Å²) < 4.78 is 46.2. The van der Waals surface area contributed by atoms with Gasteiger partial charge in [-0.2, -0.15) is 4.31 Å². The molecule has 1 aliphatic rings. The van der Waals surface area contributed by atoms with Crippen LogP contribution in [0.3, 0.4) is 0 Å². The van der Waals surface area contributed by atoms with Crippen molar-refractivity contribution in [1.29, 1.82) is 0 Å². The van der Waals surface area contributed by atoms with Gasteiger partial charge in [-0.15, -0.1) is 0 Å². The smallest absolute Gasteiger partial charge is 0.275 e. The second kappa shape index (κ2) is 7.63. The molecule has 152 valence electrons. The number of halogens is 1. The van der Waals surface area contributed by atoms with E-state index in [9.17, 15) is 17.6 Å². The average molecular weight is 409 g/mol. The molecule has 0 atom stereocenters. The van der Waals surface area contributed by atoms with Gasteiger partial charge in [-0.05, 0) is 50.5 Å². The third-order valence-corrected chi connectivity index (χ3v) is 6.89. The van der Waals surface area contributed by atoms with Gasteiger partial charge in [-0.3, -0.25) is 4.79 Å². The fourth-order valence-corrected chi connectivity index (χ4v) is 4.83. The second-order valence-electron chi connectivity index (χ2n) is 7.25. The van der Waals surface area contributed by atoms with E-state index in [0.29, 0.717) is 43.1 Å². The first kappa shape index (κ1) is 20.5. The van der Waals surface area contributed by atoms with E-state index < -0.39 is 15.8 Å². The molecule has 2 aromatic rings. The van der Waals surface area contributed by atoms with E-state index in [1.165, 1.54) is 34.3 Å². The number of nitrogens with zero attached hydrogens (tertiary/aromatic N) is 3. The minimum Gasteiger partial charge on any atom is -0.445 e. The number of piperidine rings is 1. The highest BCUT2D eigenvalue weighted by Crippen LogP contribution is 2.31. The molecule has 1 aliphatic heterocycles. The zero-order chi connectivity index (χ0) is 20.6. The molecular weight excluding hydrogens is 385 g/mol. The highest BCUT2D eigenvalue weighted by molar-refractivity contribution is 7.89. The summed E-state index contributed by atoms with van der Waals surface area (Å²) in [5, 5.41) is 0. The highest BCUT2D eigenvalue weighted by Gasteiger charge is 2.33. The number of aromatic nitrogens is 1. The highest BCUT2D eigenvalue weighted by atomic mass is 32.2. The SMILES string of the molecule is Cc1cc(S(=O)(=O)N2CCC(c3nc(C(=O)N(C)C)c(C)o3)CC2)ccc1F. The number of hydrogen-bond acceptors (Lipinski definition) is 5. The standard InChI is InChI=1S/C19H24FN3O4S/c1-12-11-15(5-6-16(12)20)28(25,26)23-9-7-14(8-10-23)18-21-17(13(2)27-18)19(24)22(3)4/h5-6,11,14H,7-10H2,1-4H3. The number of amides is 1. The lowest BCUT2D eigenvalue weighted by Gasteiger charge is -2.29. The molecule has 0 bridgehead atoms. The van der Waals surface area contributed by atoms with Crippen molar-refractivity contribution in [3.63, 3.8) is 0 Å². The summed E-state index contributed by atoms with van der Waals surface area (Å²) in [5.41, 5.74) is 0.584. The molecule has 0 radical (unpaired) electrons. The third-order valence-electron chi connectivity index (χ3n) is 4.99. The van der Waals surface area contributed by atoms with E-state index in [-0.39, 0.29) is 22.4 Å². The normalized spacial score (nSPS) is 16.3. The molecule has 9 heteroatoms. The van der Waals surface area contributed by atoms with Gasteiger partial charge in [-0.25, -0.2) is 17.8 Å². The molecule has 0 N–H and O–H groups in total. The Bertz CT molecular complexity index is 993. The van der Waals surface area contributed by atoms with Crippen molar-refractivity contribution >= 4 is 15.9 Å². The van der Waals surface area contributed by atoms with Gasteiger partial charge >= 0.3 is 0 Å². The Morgan fingerprint density at radius 2 is 1.89 bits per heavy atom. The molecule has 3 rings (SSSR count). The van der Waals surface area contributed by atoms with Gasteiger partial charge in [0.1, 0.15) is 11.6 Å². The summed E-state index contributed by atoms with van der Waals surface area (Å²) in [7, 11) is -0.381. The van der Waals surface area contributed by atoms with Crippen LogP contribution in [0.2, 0.25) is 0 Å². The maximum absolute atomic E-state index is 13.5. The summed E-state index contributed by atoms with van der Waals surface area (Å²) in [6, 6.07) is 3.82. The van der Waals surface area contributed by atoms with Crippen molar-refractivity contribution in [2.45, 2.75) is 37.5 Å². The lowest BCUT2D eigenvalue weighted by atomic mass is 9.98. The quantitative estimate of drug-likeness (QED) is 0.775. The lowest BCUT2D eigenvalue weighted by Crippen LogP contribution is -2.38. The fourth-order valence-electron chi connectivity index (χ4n) is 3.27. The van der Waals surface area contributed by atoms with Crippen molar-refractivity contribution < 1.29 is 22.0 Å². The van der Waals surface area contributed by atoms with Crippen LogP contribution in [-0.2, 0) is 10.0 Å². The van der Waals surface area contributed by atoms with Gasteiger partial charge in [0.15, 0.2) is 11.6 Å². The topological polar surface area (TPSA) is 83.7 Å². The van der Waals surface area contributed by atoms with Gasteiger partial charge in [0.25, 0.3) is 5.91 Å². The van der Waals surface area contributed by atoms with Crippen LogP contribution in [0.1, 0.15) is 46.5 Å². The maximum Gasteiger partial charge on any atom is 0.275 e. The summed E-state index contributed by atoms with van der Waals surface area (Å²) in [6.45, 7) is 3.85. The van der Waals surface area contributed by atoms with E-state index in [0.717, 1.165) is 0 Å². The number of carbonyl (C=O) groups excluding carboxylic acids is 1. The zero-order valence-electron chi connectivity index (χ0n) is 16.4. The van der Waals surface area contributed by atoms with Crippen molar-refractivity contribution in [3.8, 4) is 0 Å². The number of carbonyl (C=O) groups is 1. The van der Waals surface area contributed by atoms with Gasteiger partial charge in [-0.1, -0.05) is 0 Å². The Hall–Kier alpha value is -2.26. The van der Waals surface area contributed by atoms with E-state index in [2.05, 4.69) is 4.98 Å². The van der Waals surface area contributed by atoms with Crippen LogP contribution in [0.4, 0.5) is 4.39 Å². The van der Waals surface area contributed by atoms with Crippen LogP contribution in [0, 0.1) is 19.7 Å². The molecule has 1 aromatic heterocycles. The van der Waals surface area contributed by atoms with Crippen molar-refractivity contribution in [2.24, 2.45) is 0 Å². The van der Waals surface area contributed by atoms with Crippen LogP contribution in [0.25, 0.3) is 0 Å². The molecule has 0 unspecified atom stereocenters. The monoisotopic (exact) mass is 409 g/mol. The number of sulfonamides is 1. The third kappa shape index (κ3) is 3.81. The fraction of sp³-hybridized carbons (Fsp3) is 0.474. The molecular formula is C19H24FN3O4S. The van der Waals surface area contributed by atoms with Gasteiger partial charge < -0.3 is 9.32 Å². The number of hydrogen-bond donors (Lipinski definition) is 0. The zero-order valence-corrected chi connectivity index (χ0v) is 17.2. The number of rotatable bonds is 4. The maximum atomic E-state index is 13.5. The molecule has 0 saturated carbocycles. The van der Waals surface area contributed by atoms with Crippen molar-refractivity contribution in [1.82, 2.24) is 14.2 Å². The van der Waals surface area contributed by atoms with Crippen LogP contribution >= 0.6 is 0 Å². The predicted octanol–water partition coefficient (Wildman–Crippen LogP) is 2.70. The Balaban J connectivity index is 1.73. The lowest BCUT2D eigenvalue weighted by molar-refractivity contribution is 0.0821. The van der Waals surface area contributed by atoms with E-state index >= 15 is 0 Å². The first-order valence-corrected chi connectivity index (χ1v) is 10.5.